The molecule has 0 radical (unpaired) electrons. The molecule has 7 aromatic carbocycles. The lowest BCUT2D eigenvalue weighted by Crippen LogP contribution is -2.13. The fourth-order valence-corrected chi connectivity index (χ4v) is 8.62. The van der Waals surface area contributed by atoms with E-state index in [1.54, 1.807) is 12.1 Å². The topological polar surface area (TPSA) is 17.8 Å². The van der Waals surface area contributed by atoms with Gasteiger partial charge in [0, 0.05) is 42.2 Å². The third kappa shape index (κ3) is 4.94. The van der Waals surface area contributed by atoms with E-state index in [9.17, 15) is 4.39 Å². The summed E-state index contributed by atoms with van der Waals surface area (Å²) in [5, 5.41) is 4.24. The first-order valence-corrected chi connectivity index (χ1v) is 17.9. The Balaban J connectivity index is 1.49. The summed E-state index contributed by atoms with van der Waals surface area (Å²) in [5.41, 5.74) is 10.9. The number of thiophene rings is 1. The van der Waals surface area contributed by atoms with Crippen LogP contribution in [0.5, 0.6) is 0 Å². The van der Waals surface area contributed by atoms with Crippen molar-refractivity contribution >= 4 is 53.3 Å². The predicted molar refractivity (Wildman–Crippen MR) is 211 cm³/mol. The summed E-state index contributed by atoms with van der Waals surface area (Å²) in [6.45, 7) is 8.98. The van der Waals surface area contributed by atoms with Gasteiger partial charge in [0.2, 0.25) is 0 Å². The Hall–Kier alpha value is -5.58. The first kappa shape index (κ1) is 30.5. The van der Waals surface area contributed by atoms with Crippen LogP contribution in [-0.4, -0.2) is 9.55 Å². The zero-order valence-corrected chi connectivity index (χ0v) is 29.3. The molecule has 0 fully saturated rings. The van der Waals surface area contributed by atoms with Crippen molar-refractivity contribution in [3.8, 4) is 39.3 Å². The molecular weight excluding hydrogens is 632 g/mol. The van der Waals surface area contributed by atoms with Crippen LogP contribution in [0, 0.1) is 12.7 Å². The number of fused-ring (bicyclic) bond motifs is 6. The van der Waals surface area contributed by atoms with Crippen LogP contribution >= 0.6 is 11.3 Å². The fraction of sp³-hybridized carbons (Fsp3) is 0.109. The van der Waals surface area contributed by atoms with Crippen LogP contribution in [0.2, 0.25) is 0 Å². The van der Waals surface area contributed by atoms with Crippen LogP contribution in [0.1, 0.15) is 31.9 Å². The van der Waals surface area contributed by atoms with Crippen LogP contribution in [0.3, 0.4) is 0 Å². The predicted octanol–water partition coefficient (Wildman–Crippen LogP) is 13.3. The molecular formula is C46H35FN2S. The summed E-state index contributed by atoms with van der Waals surface area (Å²) in [6.07, 6.45) is 0. The fourth-order valence-electron chi connectivity index (χ4n) is 7.31. The van der Waals surface area contributed by atoms with E-state index in [4.69, 9.17) is 4.98 Å². The van der Waals surface area contributed by atoms with Gasteiger partial charge in [0.25, 0.3) is 0 Å². The molecule has 0 saturated carbocycles. The van der Waals surface area contributed by atoms with Gasteiger partial charge < -0.3 is 0 Å². The monoisotopic (exact) mass is 666 g/mol. The lowest BCUT2D eigenvalue weighted by atomic mass is 9.82. The maximum atomic E-state index is 14.5. The van der Waals surface area contributed by atoms with E-state index in [1.807, 2.05) is 23.5 Å². The minimum absolute atomic E-state index is 0.0908. The molecule has 0 aliphatic carbocycles. The number of imidazole rings is 1. The van der Waals surface area contributed by atoms with Crippen molar-refractivity contribution in [2.75, 3.05) is 0 Å². The molecule has 0 saturated heterocycles. The Morgan fingerprint density at radius 1 is 0.620 bits per heavy atom. The van der Waals surface area contributed by atoms with Crippen molar-refractivity contribution in [3.63, 3.8) is 0 Å². The number of aryl methyl sites for hydroxylation is 1. The van der Waals surface area contributed by atoms with Crippen LogP contribution in [0.15, 0.2) is 140 Å². The van der Waals surface area contributed by atoms with E-state index < -0.39 is 0 Å². The third-order valence-electron chi connectivity index (χ3n) is 9.87. The van der Waals surface area contributed by atoms with Crippen LogP contribution in [0.25, 0.3) is 81.3 Å². The average molecular weight is 667 g/mol. The Morgan fingerprint density at radius 2 is 1.30 bits per heavy atom. The number of hydrogen-bond donors (Lipinski definition) is 0. The first-order valence-electron chi connectivity index (χ1n) is 17.1. The van der Waals surface area contributed by atoms with Gasteiger partial charge in [-0.25, -0.2) is 9.37 Å². The minimum atomic E-state index is -0.252. The van der Waals surface area contributed by atoms with Crippen molar-refractivity contribution in [2.24, 2.45) is 0 Å². The second-order valence-corrected chi connectivity index (χ2v) is 15.3. The summed E-state index contributed by atoms with van der Waals surface area (Å²) in [4.78, 5) is 5.54. The molecule has 50 heavy (non-hydrogen) atoms. The Labute approximate surface area is 295 Å². The number of rotatable bonds is 4. The lowest BCUT2D eigenvalue weighted by molar-refractivity contribution is 0.590. The zero-order valence-electron chi connectivity index (χ0n) is 28.5. The Kier molecular flexibility index (Phi) is 7.01. The highest BCUT2D eigenvalue weighted by Gasteiger charge is 2.27. The molecule has 9 aromatic rings. The van der Waals surface area contributed by atoms with E-state index >= 15 is 0 Å². The van der Waals surface area contributed by atoms with E-state index in [-0.39, 0.29) is 11.2 Å². The summed E-state index contributed by atoms with van der Waals surface area (Å²) < 4.78 is 19.4. The van der Waals surface area contributed by atoms with Crippen molar-refractivity contribution in [1.82, 2.24) is 9.55 Å². The lowest BCUT2D eigenvalue weighted by Gasteiger charge is -2.26. The van der Waals surface area contributed by atoms with Gasteiger partial charge in [-0.3, -0.25) is 4.57 Å². The molecule has 2 nitrogen and oxygen atoms in total. The van der Waals surface area contributed by atoms with Crippen LogP contribution in [-0.2, 0) is 5.41 Å². The number of hydrogen-bond acceptors (Lipinski definition) is 2. The van der Waals surface area contributed by atoms with E-state index in [2.05, 4.69) is 148 Å². The van der Waals surface area contributed by atoms with Crippen molar-refractivity contribution in [1.29, 1.82) is 0 Å². The maximum Gasteiger partial charge on any atom is 0.147 e. The standard InChI is InChI=1S/C46H35FN2S/c1-28-18-21-35-36-16-11-17-37(44(36)50-41(35)24-28)45-48-42-34-22-20-33(47)25-31(34)19-23-40(42)49(45)43-38(29-12-7-5-8-13-29)26-32(46(2,3)4)27-39(43)30-14-9-6-10-15-30/h5-27H,1-4H3. The Morgan fingerprint density at radius 3 is 1.98 bits per heavy atom. The second kappa shape index (κ2) is 11.5. The Bertz CT molecular complexity index is 2690. The largest absolute Gasteiger partial charge is 0.291 e. The van der Waals surface area contributed by atoms with Gasteiger partial charge in [-0.1, -0.05) is 112 Å². The smallest absolute Gasteiger partial charge is 0.147 e. The molecule has 9 rings (SSSR count). The quantitative estimate of drug-likeness (QED) is 0.183. The molecule has 2 heterocycles. The summed E-state index contributed by atoms with van der Waals surface area (Å²) >= 11 is 1.82. The number of halogens is 1. The van der Waals surface area contributed by atoms with E-state index in [1.165, 1.54) is 31.3 Å². The number of benzene rings is 7. The molecule has 0 N–H and O–H groups in total. The first-order chi connectivity index (χ1) is 24.2. The molecule has 242 valence electrons. The molecule has 0 aliphatic heterocycles. The zero-order chi connectivity index (χ0) is 34.1. The summed E-state index contributed by atoms with van der Waals surface area (Å²) in [6, 6.07) is 48.6. The number of aromatic nitrogens is 2. The van der Waals surface area contributed by atoms with Crippen molar-refractivity contribution in [2.45, 2.75) is 33.1 Å². The van der Waals surface area contributed by atoms with Crippen molar-refractivity contribution in [3.05, 3.63) is 156 Å². The normalized spacial score (nSPS) is 12.1. The van der Waals surface area contributed by atoms with E-state index in [0.29, 0.717) is 0 Å². The molecule has 0 amide bonds. The molecule has 0 atom stereocenters. The van der Waals surface area contributed by atoms with Crippen LogP contribution < -0.4 is 0 Å². The van der Waals surface area contributed by atoms with Gasteiger partial charge in [-0.15, -0.1) is 11.3 Å². The SMILES string of the molecule is Cc1ccc2c(c1)sc1c(-c3nc4c5ccc(F)cc5ccc4n3-c3c(-c4ccccc4)cc(C(C)(C)C)cc3-c3ccccc3)cccc12. The van der Waals surface area contributed by atoms with Crippen LogP contribution in [0.4, 0.5) is 4.39 Å². The van der Waals surface area contributed by atoms with Crippen molar-refractivity contribution < 1.29 is 4.39 Å². The summed E-state index contributed by atoms with van der Waals surface area (Å²) in [7, 11) is 0. The maximum absolute atomic E-state index is 14.5. The molecule has 0 aliphatic rings. The van der Waals surface area contributed by atoms with Gasteiger partial charge in [-0.2, -0.15) is 0 Å². The number of nitrogens with zero attached hydrogens (tertiary/aromatic N) is 2. The molecule has 0 bridgehead atoms. The highest BCUT2D eigenvalue weighted by atomic mass is 32.1. The van der Waals surface area contributed by atoms with Gasteiger partial charge in [0.15, 0.2) is 0 Å². The molecule has 2 aromatic heterocycles. The average Bonchev–Trinajstić information content (AvgIpc) is 3.69. The highest BCUT2D eigenvalue weighted by Crippen LogP contribution is 2.46. The molecule has 4 heteroatoms. The van der Waals surface area contributed by atoms with E-state index in [0.717, 1.165) is 61.1 Å². The molecule has 0 unspecified atom stereocenters. The summed E-state index contributed by atoms with van der Waals surface area (Å²) in [5.74, 6) is 0.612. The minimum Gasteiger partial charge on any atom is -0.291 e. The third-order valence-corrected chi connectivity index (χ3v) is 11.1. The van der Waals surface area contributed by atoms with Gasteiger partial charge in [0.1, 0.15) is 11.6 Å². The van der Waals surface area contributed by atoms with Gasteiger partial charge in [-0.05, 0) is 88.5 Å². The second-order valence-electron chi connectivity index (χ2n) is 14.3. The highest BCUT2D eigenvalue weighted by molar-refractivity contribution is 7.26. The van der Waals surface area contributed by atoms with Gasteiger partial charge in [0.05, 0.1) is 16.7 Å². The molecule has 0 spiro atoms. The van der Waals surface area contributed by atoms with Gasteiger partial charge >= 0.3 is 0 Å².